The Balaban J connectivity index is 2.24. The standard InChI is InChI=1S/C16H16BrF2NO/c1-2-21-11-5-3-4-10(8-11)15(20)9-12-14(18)7-6-13(17)16(12)19/h3-8,15H,2,9,20H2,1H3. The summed E-state index contributed by atoms with van der Waals surface area (Å²) in [6.07, 6.45) is 0.0761. The normalized spacial score (nSPS) is 12.2. The van der Waals surface area contributed by atoms with Crippen LogP contribution < -0.4 is 10.5 Å². The van der Waals surface area contributed by atoms with Crippen molar-refractivity contribution in [3.8, 4) is 5.75 Å². The van der Waals surface area contributed by atoms with Gasteiger partial charge in [0.15, 0.2) is 0 Å². The van der Waals surface area contributed by atoms with Crippen molar-refractivity contribution in [3.63, 3.8) is 0 Å². The zero-order valence-electron chi connectivity index (χ0n) is 11.6. The number of hydrogen-bond donors (Lipinski definition) is 1. The minimum atomic E-state index is -0.605. The van der Waals surface area contributed by atoms with Crippen LogP contribution in [0.2, 0.25) is 0 Å². The highest BCUT2D eigenvalue weighted by molar-refractivity contribution is 9.10. The average molecular weight is 356 g/mol. The molecule has 1 unspecified atom stereocenters. The Labute approximate surface area is 131 Å². The van der Waals surface area contributed by atoms with Crippen LogP contribution in [-0.2, 0) is 6.42 Å². The van der Waals surface area contributed by atoms with Gasteiger partial charge in [0.25, 0.3) is 0 Å². The highest BCUT2D eigenvalue weighted by Crippen LogP contribution is 2.26. The third-order valence-electron chi connectivity index (χ3n) is 3.16. The van der Waals surface area contributed by atoms with Gasteiger partial charge in [-0.15, -0.1) is 0 Å². The van der Waals surface area contributed by atoms with Gasteiger partial charge in [0, 0.05) is 11.6 Å². The molecular weight excluding hydrogens is 340 g/mol. The highest BCUT2D eigenvalue weighted by Gasteiger charge is 2.17. The minimum absolute atomic E-state index is 0.0151. The van der Waals surface area contributed by atoms with E-state index in [2.05, 4.69) is 15.9 Å². The molecule has 0 aliphatic carbocycles. The van der Waals surface area contributed by atoms with Crippen LogP contribution in [-0.4, -0.2) is 6.61 Å². The summed E-state index contributed by atoms with van der Waals surface area (Å²) < 4.78 is 33.4. The molecule has 112 valence electrons. The van der Waals surface area contributed by atoms with Crippen LogP contribution in [0.4, 0.5) is 8.78 Å². The molecule has 0 spiro atoms. The smallest absolute Gasteiger partial charge is 0.143 e. The third kappa shape index (κ3) is 3.80. The summed E-state index contributed by atoms with van der Waals surface area (Å²) in [6.45, 7) is 2.44. The van der Waals surface area contributed by atoms with E-state index in [4.69, 9.17) is 10.5 Å². The lowest BCUT2D eigenvalue weighted by molar-refractivity contribution is 0.339. The van der Waals surface area contributed by atoms with Gasteiger partial charge in [-0.25, -0.2) is 8.78 Å². The fourth-order valence-corrected chi connectivity index (χ4v) is 2.47. The van der Waals surface area contributed by atoms with Gasteiger partial charge >= 0.3 is 0 Å². The van der Waals surface area contributed by atoms with Crippen LogP contribution >= 0.6 is 15.9 Å². The lowest BCUT2D eigenvalue weighted by Gasteiger charge is -2.15. The minimum Gasteiger partial charge on any atom is -0.494 e. The maximum absolute atomic E-state index is 14.0. The lowest BCUT2D eigenvalue weighted by Crippen LogP contribution is -2.15. The number of ether oxygens (including phenoxy) is 1. The predicted octanol–water partition coefficient (Wildman–Crippen LogP) is 4.37. The van der Waals surface area contributed by atoms with Gasteiger partial charge in [-0.05, 0) is 59.1 Å². The van der Waals surface area contributed by atoms with Crippen LogP contribution in [0.25, 0.3) is 0 Å². The van der Waals surface area contributed by atoms with Crippen molar-refractivity contribution in [2.45, 2.75) is 19.4 Å². The molecular formula is C16H16BrF2NO. The molecule has 0 radical (unpaired) electrons. The largest absolute Gasteiger partial charge is 0.494 e. The molecule has 21 heavy (non-hydrogen) atoms. The molecule has 1 atom stereocenters. The third-order valence-corrected chi connectivity index (χ3v) is 3.77. The van der Waals surface area contributed by atoms with Crippen LogP contribution in [0.5, 0.6) is 5.75 Å². The van der Waals surface area contributed by atoms with Crippen molar-refractivity contribution >= 4 is 15.9 Å². The van der Waals surface area contributed by atoms with Crippen molar-refractivity contribution in [1.82, 2.24) is 0 Å². The molecule has 2 nitrogen and oxygen atoms in total. The molecule has 2 aromatic carbocycles. The molecule has 0 saturated heterocycles. The first-order valence-corrected chi connectivity index (χ1v) is 7.43. The summed E-state index contributed by atoms with van der Waals surface area (Å²) in [4.78, 5) is 0. The average Bonchev–Trinajstić information content (AvgIpc) is 2.48. The van der Waals surface area contributed by atoms with E-state index >= 15 is 0 Å². The van der Waals surface area contributed by atoms with Crippen molar-refractivity contribution in [2.24, 2.45) is 5.73 Å². The molecule has 0 amide bonds. The molecule has 2 rings (SSSR count). The molecule has 2 aromatic rings. The number of benzene rings is 2. The molecule has 0 fully saturated rings. The molecule has 0 heterocycles. The zero-order valence-corrected chi connectivity index (χ0v) is 13.2. The molecule has 0 aromatic heterocycles. The van der Waals surface area contributed by atoms with Crippen molar-refractivity contribution in [1.29, 1.82) is 0 Å². The fraction of sp³-hybridized carbons (Fsp3) is 0.250. The number of rotatable bonds is 5. The van der Waals surface area contributed by atoms with Gasteiger partial charge in [0.05, 0.1) is 11.1 Å². The van der Waals surface area contributed by atoms with Crippen LogP contribution in [0.3, 0.4) is 0 Å². The van der Waals surface area contributed by atoms with Crippen molar-refractivity contribution in [2.75, 3.05) is 6.61 Å². The van der Waals surface area contributed by atoms with Crippen molar-refractivity contribution < 1.29 is 13.5 Å². The maximum atomic E-state index is 14.0. The van der Waals surface area contributed by atoms with Gasteiger partial charge in [0.1, 0.15) is 17.4 Å². The number of hydrogen-bond acceptors (Lipinski definition) is 2. The van der Waals surface area contributed by atoms with E-state index in [-0.39, 0.29) is 16.5 Å². The van der Waals surface area contributed by atoms with Gasteiger partial charge in [-0.3, -0.25) is 0 Å². The Hall–Kier alpha value is -1.46. The summed E-state index contributed by atoms with van der Waals surface area (Å²) in [5.74, 6) is -0.501. The number of nitrogens with two attached hydrogens (primary N) is 1. The topological polar surface area (TPSA) is 35.2 Å². The Morgan fingerprint density at radius 1 is 1.24 bits per heavy atom. The van der Waals surface area contributed by atoms with Gasteiger partial charge < -0.3 is 10.5 Å². The van der Waals surface area contributed by atoms with E-state index in [1.54, 1.807) is 6.07 Å². The second-order valence-corrected chi connectivity index (χ2v) is 5.49. The van der Waals surface area contributed by atoms with Crippen molar-refractivity contribution in [3.05, 3.63) is 63.6 Å². The SMILES string of the molecule is CCOc1cccc(C(N)Cc2c(F)ccc(Br)c2F)c1. The first-order chi connectivity index (χ1) is 10.0. The predicted molar refractivity (Wildman–Crippen MR) is 82.3 cm³/mol. The molecule has 0 bridgehead atoms. The molecule has 2 N–H and O–H groups in total. The van der Waals surface area contributed by atoms with E-state index in [9.17, 15) is 8.78 Å². The van der Waals surface area contributed by atoms with Crippen LogP contribution in [0.1, 0.15) is 24.1 Å². The summed E-state index contributed by atoms with van der Waals surface area (Å²) in [5.41, 5.74) is 6.84. The first-order valence-electron chi connectivity index (χ1n) is 6.63. The molecule has 0 aliphatic heterocycles. The molecule has 5 heteroatoms. The van der Waals surface area contributed by atoms with E-state index in [0.29, 0.717) is 12.4 Å². The first kappa shape index (κ1) is 15.9. The van der Waals surface area contributed by atoms with E-state index in [1.165, 1.54) is 12.1 Å². The summed E-state index contributed by atoms with van der Waals surface area (Å²) in [6, 6.07) is 9.31. The summed E-state index contributed by atoms with van der Waals surface area (Å²) in [5, 5.41) is 0. The zero-order chi connectivity index (χ0) is 15.4. The van der Waals surface area contributed by atoms with Gasteiger partial charge in [-0.2, -0.15) is 0 Å². The van der Waals surface area contributed by atoms with Crippen LogP contribution in [0, 0.1) is 11.6 Å². The molecule has 0 saturated carbocycles. The highest BCUT2D eigenvalue weighted by atomic mass is 79.9. The summed E-state index contributed by atoms with van der Waals surface area (Å²) >= 11 is 3.06. The fourth-order valence-electron chi connectivity index (χ4n) is 2.10. The second kappa shape index (κ2) is 7.00. The Kier molecular flexibility index (Phi) is 5.31. The lowest BCUT2D eigenvalue weighted by atomic mass is 9.99. The monoisotopic (exact) mass is 355 g/mol. The maximum Gasteiger partial charge on any atom is 0.143 e. The number of halogens is 3. The van der Waals surface area contributed by atoms with E-state index in [0.717, 1.165) is 5.56 Å². The Morgan fingerprint density at radius 3 is 2.71 bits per heavy atom. The second-order valence-electron chi connectivity index (χ2n) is 4.64. The van der Waals surface area contributed by atoms with E-state index in [1.807, 2.05) is 25.1 Å². The van der Waals surface area contributed by atoms with Gasteiger partial charge in [-0.1, -0.05) is 12.1 Å². The van der Waals surface area contributed by atoms with Gasteiger partial charge in [0.2, 0.25) is 0 Å². The van der Waals surface area contributed by atoms with E-state index < -0.39 is 17.7 Å². The quantitative estimate of drug-likeness (QED) is 0.808. The Morgan fingerprint density at radius 2 is 2.00 bits per heavy atom. The Bertz CT molecular complexity index is 634. The summed E-state index contributed by atoms with van der Waals surface area (Å²) in [7, 11) is 0. The van der Waals surface area contributed by atoms with Crippen LogP contribution in [0.15, 0.2) is 40.9 Å². The molecule has 0 aliphatic rings.